The number of carbonyl (C=O) groups excluding carboxylic acids is 3. The normalized spacial score (nSPS) is 23.9. The van der Waals surface area contributed by atoms with E-state index >= 15 is 0 Å². The van der Waals surface area contributed by atoms with Crippen LogP contribution in [0.3, 0.4) is 0 Å². The van der Waals surface area contributed by atoms with E-state index in [1.54, 1.807) is 38.1 Å². The van der Waals surface area contributed by atoms with Crippen molar-refractivity contribution in [2.75, 3.05) is 13.1 Å². The van der Waals surface area contributed by atoms with E-state index < -0.39 is 39.3 Å². The van der Waals surface area contributed by atoms with E-state index in [-0.39, 0.29) is 18.0 Å². The SMILES string of the molecule is CC[C@]1(C)NC(=O)N(NC(=O)C2CCN(S(=O)(=O)c3ccc(C)cc3)CC2)C1=O. The zero-order valence-electron chi connectivity index (χ0n) is 16.8. The van der Waals surface area contributed by atoms with Crippen LogP contribution in [0.2, 0.25) is 0 Å². The number of piperidine rings is 1. The highest BCUT2D eigenvalue weighted by molar-refractivity contribution is 7.89. The summed E-state index contributed by atoms with van der Waals surface area (Å²) in [6, 6.07) is 5.98. The first-order valence-electron chi connectivity index (χ1n) is 9.62. The Kier molecular flexibility index (Phi) is 5.68. The van der Waals surface area contributed by atoms with Gasteiger partial charge in [0.15, 0.2) is 0 Å². The molecule has 158 valence electrons. The van der Waals surface area contributed by atoms with Gasteiger partial charge in [-0.05, 0) is 45.2 Å². The van der Waals surface area contributed by atoms with Crippen molar-refractivity contribution >= 4 is 27.9 Å². The summed E-state index contributed by atoms with van der Waals surface area (Å²) in [5.74, 6) is -1.44. The van der Waals surface area contributed by atoms with Crippen LogP contribution >= 0.6 is 0 Å². The number of hydrazine groups is 1. The maximum Gasteiger partial charge on any atom is 0.344 e. The summed E-state index contributed by atoms with van der Waals surface area (Å²) >= 11 is 0. The molecule has 2 saturated heterocycles. The van der Waals surface area contributed by atoms with Crippen molar-refractivity contribution in [3.63, 3.8) is 0 Å². The van der Waals surface area contributed by atoms with Crippen molar-refractivity contribution in [1.29, 1.82) is 0 Å². The van der Waals surface area contributed by atoms with Gasteiger partial charge in [0, 0.05) is 19.0 Å². The average molecular weight is 423 g/mol. The molecule has 1 aromatic carbocycles. The van der Waals surface area contributed by atoms with E-state index in [0.29, 0.717) is 19.3 Å². The zero-order chi connectivity index (χ0) is 21.4. The molecule has 2 aliphatic heterocycles. The number of urea groups is 1. The third-order valence-electron chi connectivity index (χ3n) is 5.67. The number of benzene rings is 1. The van der Waals surface area contributed by atoms with Gasteiger partial charge in [0.2, 0.25) is 15.9 Å². The summed E-state index contributed by atoms with van der Waals surface area (Å²) < 4.78 is 26.9. The van der Waals surface area contributed by atoms with Gasteiger partial charge in [-0.15, -0.1) is 0 Å². The van der Waals surface area contributed by atoms with Crippen molar-refractivity contribution in [3.8, 4) is 0 Å². The highest BCUT2D eigenvalue weighted by atomic mass is 32.2. The maximum absolute atomic E-state index is 12.8. The Hall–Kier alpha value is -2.46. The fourth-order valence-corrected chi connectivity index (χ4v) is 4.91. The van der Waals surface area contributed by atoms with E-state index in [1.807, 2.05) is 6.92 Å². The van der Waals surface area contributed by atoms with Crippen LogP contribution in [-0.4, -0.2) is 54.2 Å². The van der Waals surface area contributed by atoms with Crippen LogP contribution in [0, 0.1) is 12.8 Å². The minimum absolute atomic E-state index is 0.196. The lowest BCUT2D eigenvalue weighted by Crippen LogP contribution is -2.51. The molecular formula is C19H26N4O5S. The number of aryl methyl sites for hydroxylation is 1. The topological polar surface area (TPSA) is 116 Å². The number of sulfonamides is 1. The van der Waals surface area contributed by atoms with E-state index in [4.69, 9.17) is 0 Å². The molecule has 1 atom stereocenters. The number of hydrogen-bond acceptors (Lipinski definition) is 5. The summed E-state index contributed by atoms with van der Waals surface area (Å²) in [5.41, 5.74) is 2.33. The molecule has 0 aliphatic carbocycles. The molecule has 1 aromatic rings. The Morgan fingerprint density at radius 3 is 2.31 bits per heavy atom. The van der Waals surface area contributed by atoms with Crippen LogP contribution in [0.15, 0.2) is 29.2 Å². The smallest absolute Gasteiger partial charge is 0.322 e. The Morgan fingerprint density at radius 1 is 1.21 bits per heavy atom. The molecule has 2 aliphatic rings. The maximum atomic E-state index is 12.8. The predicted molar refractivity (Wildman–Crippen MR) is 105 cm³/mol. The van der Waals surface area contributed by atoms with Gasteiger partial charge in [0.25, 0.3) is 5.91 Å². The molecule has 4 amide bonds. The Labute approximate surface area is 170 Å². The van der Waals surface area contributed by atoms with Crippen LogP contribution < -0.4 is 10.7 Å². The zero-order valence-corrected chi connectivity index (χ0v) is 17.6. The fourth-order valence-electron chi connectivity index (χ4n) is 3.44. The first kappa shape index (κ1) is 21.3. The van der Waals surface area contributed by atoms with Gasteiger partial charge in [0.1, 0.15) is 5.54 Å². The van der Waals surface area contributed by atoms with Gasteiger partial charge in [-0.25, -0.2) is 13.2 Å². The molecule has 0 unspecified atom stereocenters. The number of nitrogens with one attached hydrogen (secondary N) is 2. The molecule has 0 radical (unpaired) electrons. The molecule has 0 aromatic heterocycles. The molecule has 2 heterocycles. The molecule has 10 heteroatoms. The number of carbonyl (C=O) groups is 3. The van der Waals surface area contributed by atoms with Gasteiger partial charge >= 0.3 is 6.03 Å². The van der Waals surface area contributed by atoms with Gasteiger partial charge in [-0.3, -0.25) is 15.0 Å². The lowest BCUT2D eigenvalue weighted by molar-refractivity contribution is -0.140. The van der Waals surface area contributed by atoms with E-state index in [9.17, 15) is 22.8 Å². The summed E-state index contributed by atoms with van der Waals surface area (Å²) in [6.45, 7) is 5.65. The lowest BCUT2D eigenvalue weighted by atomic mass is 9.97. The molecule has 0 saturated carbocycles. The van der Waals surface area contributed by atoms with Crippen molar-refractivity contribution in [2.24, 2.45) is 5.92 Å². The molecule has 9 nitrogen and oxygen atoms in total. The lowest BCUT2D eigenvalue weighted by Gasteiger charge is -2.31. The van der Waals surface area contributed by atoms with Crippen LogP contribution in [0.5, 0.6) is 0 Å². The van der Waals surface area contributed by atoms with E-state index in [1.165, 1.54) is 4.31 Å². The Morgan fingerprint density at radius 2 is 1.79 bits per heavy atom. The van der Waals surface area contributed by atoms with Crippen LogP contribution in [0.25, 0.3) is 0 Å². The summed E-state index contributed by atoms with van der Waals surface area (Å²) in [6.07, 6.45) is 1.02. The van der Waals surface area contributed by atoms with E-state index in [0.717, 1.165) is 10.6 Å². The Balaban J connectivity index is 1.61. The quantitative estimate of drug-likeness (QED) is 0.691. The van der Waals surface area contributed by atoms with Gasteiger partial charge in [0.05, 0.1) is 4.90 Å². The second-order valence-electron chi connectivity index (χ2n) is 7.72. The second kappa shape index (κ2) is 7.75. The molecule has 29 heavy (non-hydrogen) atoms. The average Bonchev–Trinajstić information content (AvgIpc) is 2.92. The number of nitrogens with zero attached hydrogens (tertiary/aromatic N) is 2. The van der Waals surface area contributed by atoms with Gasteiger partial charge < -0.3 is 5.32 Å². The van der Waals surface area contributed by atoms with Crippen molar-refractivity contribution < 1.29 is 22.8 Å². The highest BCUT2D eigenvalue weighted by Crippen LogP contribution is 2.25. The molecule has 2 fully saturated rings. The third kappa shape index (κ3) is 3.99. The number of hydrogen-bond donors (Lipinski definition) is 2. The number of imide groups is 1. The first-order chi connectivity index (χ1) is 13.6. The van der Waals surface area contributed by atoms with Crippen molar-refractivity contribution in [2.45, 2.75) is 50.5 Å². The molecule has 0 bridgehead atoms. The molecular weight excluding hydrogens is 396 g/mol. The van der Waals surface area contributed by atoms with Crippen LogP contribution in [0.1, 0.15) is 38.7 Å². The third-order valence-corrected chi connectivity index (χ3v) is 7.59. The van der Waals surface area contributed by atoms with Crippen molar-refractivity contribution in [3.05, 3.63) is 29.8 Å². The van der Waals surface area contributed by atoms with Crippen LogP contribution in [-0.2, 0) is 19.6 Å². The molecule has 2 N–H and O–H groups in total. The number of amides is 4. The van der Waals surface area contributed by atoms with E-state index in [2.05, 4.69) is 10.7 Å². The highest BCUT2D eigenvalue weighted by Gasteiger charge is 2.48. The van der Waals surface area contributed by atoms with Gasteiger partial charge in [-0.1, -0.05) is 24.6 Å². The summed E-state index contributed by atoms with van der Waals surface area (Å²) in [4.78, 5) is 37.2. The monoisotopic (exact) mass is 422 g/mol. The number of rotatable bonds is 5. The fraction of sp³-hybridized carbons (Fsp3) is 0.526. The van der Waals surface area contributed by atoms with Crippen molar-refractivity contribution in [1.82, 2.24) is 20.1 Å². The standard InChI is InChI=1S/C19H26N4O5S/c1-4-19(3)17(25)23(18(26)20-19)21-16(24)14-9-11-22(12-10-14)29(27,28)15-7-5-13(2)6-8-15/h5-8,14H,4,9-12H2,1-3H3,(H,20,26)(H,21,24)/t19-/m0/s1. The summed E-state index contributed by atoms with van der Waals surface area (Å²) in [7, 11) is -3.61. The molecule has 3 rings (SSSR count). The first-order valence-corrected chi connectivity index (χ1v) is 11.1. The summed E-state index contributed by atoms with van der Waals surface area (Å²) in [5, 5.41) is 3.30. The Bertz CT molecular complexity index is 922. The molecule has 0 spiro atoms. The van der Waals surface area contributed by atoms with Crippen LogP contribution in [0.4, 0.5) is 4.79 Å². The minimum atomic E-state index is -3.61. The largest absolute Gasteiger partial charge is 0.344 e. The second-order valence-corrected chi connectivity index (χ2v) is 9.66. The minimum Gasteiger partial charge on any atom is -0.322 e. The predicted octanol–water partition coefficient (Wildman–Crippen LogP) is 1.15. The van der Waals surface area contributed by atoms with Gasteiger partial charge in [-0.2, -0.15) is 9.31 Å².